The van der Waals surface area contributed by atoms with Gasteiger partial charge in [0.2, 0.25) is 0 Å². The van der Waals surface area contributed by atoms with E-state index in [-0.39, 0.29) is 5.97 Å². The number of aryl methyl sites for hydroxylation is 2. The fourth-order valence-corrected chi connectivity index (χ4v) is 3.20. The van der Waals surface area contributed by atoms with Gasteiger partial charge in [-0.15, -0.1) is 0 Å². The molecule has 0 saturated heterocycles. The highest BCUT2D eigenvalue weighted by molar-refractivity contribution is 5.91. The van der Waals surface area contributed by atoms with E-state index >= 15 is 0 Å². The van der Waals surface area contributed by atoms with Crippen molar-refractivity contribution >= 4 is 28.5 Å². The van der Waals surface area contributed by atoms with Gasteiger partial charge in [0, 0.05) is 5.69 Å². The van der Waals surface area contributed by atoms with Gasteiger partial charge in [-0.2, -0.15) is 5.10 Å². The molecule has 29 heavy (non-hydrogen) atoms. The minimum atomic E-state index is -0.335. The summed E-state index contributed by atoms with van der Waals surface area (Å²) in [5, 5.41) is 8.61. The van der Waals surface area contributed by atoms with Crippen LogP contribution in [0.2, 0.25) is 0 Å². The predicted octanol–water partition coefficient (Wildman–Crippen LogP) is 4.35. The molecule has 0 unspecified atom stereocenters. The molecule has 2 aromatic carbocycles. The highest BCUT2D eigenvalue weighted by atomic mass is 16.5. The van der Waals surface area contributed by atoms with Crippen molar-refractivity contribution in [2.24, 2.45) is 0 Å². The summed E-state index contributed by atoms with van der Waals surface area (Å²) < 4.78 is 6.83. The third kappa shape index (κ3) is 3.67. The Kier molecular flexibility index (Phi) is 4.95. The summed E-state index contributed by atoms with van der Waals surface area (Å²) in [5.74, 6) is 0.313. The van der Waals surface area contributed by atoms with Crippen LogP contribution in [0.1, 0.15) is 28.4 Å². The number of carbonyl (C=O) groups is 1. The van der Waals surface area contributed by atoms with E-state index in [4.69, 9.17) is 4.74 Å². The zero-order valence-corrected chi connectivity index (χ0v) is 16.5. The number of hydrogen-bond donors (Lipinski definition) is 1. The van der Waals surface area contributed by atoms with E-state index in [2.05, 4.69) is 46.4 Å². The molecule has 0 bridgehead atoms. The molecule has 7 heteroatoms. The standard InChI is InChI=1S/C22H21N5O2/c1-4-29-22(28)16-6-8-17(9-7-16)26-20-18-12-25-27(21(18)24-13-23-20)19-10-5-14(2)11-15(19)3/h5-13H,4H2,1-3H3,(H,23,24,26). The monoisotopic (exact) mass is 387 g/mol. The van der Waals surface area contributed by atoms with Gasteiger partial charge < -0.3 is 10.1 Å². The topological polar surface area (TPSA) is 81.9 Å². The van der Waals surface area contributed by atoms with Gasteiger partial charge in [0.25, 0.3) is 0 Å². The Hall–Kier alpha value is -3.74. The van der Waals surface area contributed by atoms with Crippen molar-refractivity contribution in [2.75, 3.05) is 11.9 Å². The van der Waals surface area contributed by atoms with Crippen molar-refractivity contribution in [2.45, 2.75) is 20.8 Å². The van der Waals surface area contributed by atoms with Crippen LogP contribution in [0.25, 0.3) is 16.7 Å². The highest BCUT2D eigenvalue weighted by Gasteiger charge is 2.13. The number of esters is 1. The fourth-order valence-electron chi connectivity index (χ4n) is 3.20. The number of fused-ring (bicyclic) bond motifs is 1. The molecule has 0 spiro atoms. The zero-order valence-electron chi connectivity index (χ0n) is 16.5. The van der Waals surface area contributed by atoms with Crippen molar-refractivity contribution in [3.63, 3.8) is 0 Å². The number of hydrogen-bond acceptors (Lipinski definition) is 6. The summed E-state index contributed by atoms with van der Waals surface area (Å²) in [7, 11) is 0. The zero-order chi connectivity index (χ0) is 20.4. The quantitative estimate of drug-likeness (QED) is 0.513. The summed E-state index contributed by atoms with van der Waals surface area (Å²) in [6, 6.07) is 13.3. The molecule has 0 amide bonds. The molecule has 4 rings (SSSR count). The molecule has 0 fully saturated rings. The Balaban J connectivity index is 1.66. The molecule has 0 radical (unpaired) electrons. The van der Waals surface area contributed by atoms with Crippen LogP contribution in [0, 0.1) is 13.8 Å². The molecule has 146 valence electrons. The second kappa shape index (κ2) is 7.71. The molecule has 0 aliphatic rings. The molecule has 0 aliphatic heterocycles. The molecule has 2 heterocycles. The summed E-state index contributed by atoms with van der Waals surface area (Å²) in [6.45, 7) is 6.26. The van der Waals surface area contributed by atoms with Crippen LogP contribution in [0.3, 0.4) is 0 Å². The van der Waals surface area contributed by atoms with E-state index in [9.17, 15) is 4.79 Å². The number of nitrogens with zero attached hydrogens (tertiary/aromatic N) is 4. The molecule has 7 nitrogen and oxygen atoms in total. The van der Waals surface area contributed by atoms with Crippen LogP contribution < -0.4 is 5.32 Å². The number of aromatic nitrogens is 4. The van der Waals surface area contributed by atoms with Gasteiger partial charge in [-0.3, -0.25) is 0 Å². The molecule has 4 aromatic rings. The Morgan fingerprint density at radius 1 is 1.10 bits per heavy atom. The number of benzene rings is 2. The minimum absolute atomic E-state index is 0.335. The first-order chi connectivity index (χ1) is 14.1. The van der Waals surface area contributed by atoms with Gasteiger partial charge in [0.1, 0.15) is 12.1 Å². The predicted molar refractivity (Wildman–Crippen MR) is 112 cm³/mol. The Bertz CT molecular complexity index is 1180. The van der Waals surface area contributed by atoms with Gasteiger partial charge >= 0.3 is 5.97 Å². The average Bonchev–Trinajstić information content (AvgIpc) is 3.14. The summed E-state index contributed by atoms with van der Waals surface area (Å²) >= 11 is 0. The lowest BCUT2D eigenvalue weighted by molar-refractivity contribution is 0.0526. The van der Waals surface area contributed by atoms with Crippen molar-refractivity contribution in [1.29, 1.82) is 0 Å². The number of rotatable bonds is 5. The molecule has 0 aliphatic carbocycles. The third-order valence-electron chi connectivity index (χ3n) is 4.61. The molecular formula is C22H21N5O2. The Morgan fingerprint density at radius 2 is 1.90 bits per heavy atom. The molecule has 0 saturated carbocycles. The number of nitrogens with one attached hydrogen (secondary N) is 1. The van der Waals surface area contributed by atoms with Crippen LogP contribution in [0.5, 0.6) is 0 Å². The molecule has 0 atom stereocenters. The average molecular weight is 387 g/mol. The first-order valence-electron chi connectivity index (χ1n) is 9.37. The van der Waals surface area contributed by atoms with Gasteiger partial charge in [-0.25, -0.2) is 19.4 Å². The lowest BCUT2D eigenvalue weighted by Gasteiger charge is -2.09. The van der Waals surface area contributed by atoms with Crippen molar-refractivity contribution in [3.8, 4) is 5.69 Å². The normalized spacial score (nSPS) is 10.9. The summed E-state index contributed by atoms with van der Waals surface area (Å²) in [6.07, 6.45) is 3.27. The van der Waals surface area contributed by atoms with Gasteiger partial charge in [0.05, 0.1) is 29.4 Å². The number of anilines is 2. The molecule has 1 N–H and O–H groups in total. The largest absolute Gasteiger partial charge is 0.462 e. The third-order valence-corrected chi connectivity index (χ3v) is 4.61. The van der Waals surface area contributed by atoms with E-state index in [1.807, 2.05) is 22.9 Å². The lowest BCUT2D eigenvalue weighted by atomic mass is 10.1. The SMILES string of the molecule is CCOC(=O)c1ccc(Nc2ncnc3c2cnn3-c2ccc(C)cc2C)cc1. The smallest absolute Gasteiger partial charge is 0.338 e. The van der Waals surface area contributed by atoms with E-state index in [0.717, 1.165) is 28.0 Å². The van der Waals surface area contributed by atoms with Crippen LogP contribution in [-0.4, -0.2) is 32.3 Å². The van der Waals surface area contributed by atoms with Crippen LogP contribution in [-0.2, 0) is 4.74 Å². The Labute approximate surface area is 168 Å². The number of carbonyl (C=O) groups excluding carboxylic acids is 1. The van der Waals surface area contributed by atoms with Gasteiger partial charge in [-0.05, 0) is 56.7 Å². The highest BCUT2D eigenvalue weighted by Crippen LogP contribution is 2.26. The number of ether oxygens (including phenoxy) is 1. The lowest BCUT2D eigenvalue weighted by Crippen LogP contribution is -2.04. The molecule has 2 aromatic heterocycles. The van der Waals surface area contributed by atoms with Crippen molar-refractivity contribution in [1.82, 2.24) is 19.7 Å². The maximum atomic E-state index is 11.8. The van der Waals surface area contributed by atoms with E-state index in [0.29, 0.717) is 18.0 Å². The summed E-state index contributed by atoms with van der Waals surface area (Å²) in [5.41, 5.74) is 5.33. The van der Waals surface area contributed by atoms with Crippen molar-refractivity contribution in [3.05, 3.63) is 71.7 Å². The second-order valence-electron chi connectivity index (χ2n) is 6.73. The van der Waals surface area contributed by atoms with Crippen LogP contribution in [0.4, 0.5) is 11.5 Å². The van der Waals surface area contributed by atoms with Crippen LogP contribution in [0.15, 0.2) is 55.0 Å². The fraction of sp³-hybridized carbons (Fsp3) is 0.182. The van der Waals surface area contributed by atoms with Gasteiger partial charge in [0.15, 0.2) is 5.65 Å². The van der Waals surface area contributed by atoms with E-state index in [1.165, 1.54) is 11.9 Å². The van der Waals surface area contributed by atoms with E-state index < -0.39 is 0 Å². The molecular weight excluding hydrogens is 366 g/mol. The first kappa shape index (κ1) is 18.6. The maximum absolute atomic E-state index is 11.8. The Morgan fingerprint density at radius 3 is 2.62 bits per heavy atom. The first-order valence-corrected chi connectivity index (χ1v) is 9.37. The van der Waals surface area contributed by atoms with Crippen LogP contribution >= 0.6 is 0 Å². The maximum Gasteiger partial charge on any atom is 0.338 e. The van der Waals surface area contributed by atoms with Gasteiger partial charge in [-0.1, -0.05) is 17.7 Å². The second-order valence-corrected chi connectivity index (χ2v) is 6.73. The van der Waals surface area contributed by atoms with Crippen molar-refractivity contribution < 1.29 is 9.53 Å². The summed E-state index contributed by atoms with van der Waals surface area (Å²) in [4.78, 5) is 20.6. The minimum Gasteiger partial charge on any atom is -0.462 e. The van der Waals surface area contributed by atoms with E-state index in [1.54, 1.807) is 25.3 Å².